The van der Waals surface area contributed by atoms with Gasteiger partial charge in [-0.3, -0.25) is 14.6 Å². The van der Waals surface area contributed by atoms with Crippen LogP contribution < -0.4 is 9.62 Å². The molecule has 2 heterocycles. The highest BCUT2D eigenvalue weighted by molar-refractivity contribution is 7.92. The largest absolute Gasteiger partial charge is 0.312 e. The lowest BCUT2D eigenvalue weighted by atomic mass is 10.1. The zero-order valence-corrected chi connectivity index (χ0v) is 15.6. The summed E-state index contributed by atoms with van der Waals surface area (Å²) in [7, 11) is -3.72. The van der Waals surface area contributed by atoms with E-state index < -0.39 is 10.0 Å². The normalized spacial score (nSPS) is 14.0. The number of nitrogens with zero attached hydrogens (tertiary/aromatic N) is 2. The third-order valence-corrected chi connectivity index (χ3v) is 5.96. The molecule has 25 heavy (non-hydrogen) atoms. The van der Waals surface area contributed by atoms with Crippen molar-refractivity contribution in [1.29, 1.82) is 0 Å². The molecule has 0 saturated heterocycles. The number of nitrogens with one attached hydrogen (secondary N) is 2. The Morgan fingerprint density at radius 3 is 2.64 bits per heavy atom. The third-order valence-electron chi connectivity index (χ3n) is 4.32. The van der Waals surface area contributed by atoms with Gasteiger partial charge in [0, 0.05) is 23.8 Å². The fourth-order valence-corrected chi connectivity index (χ4v) is 4.57. The molecule has 2 aromatic rings. The number of hydrogen-bond donors (Lipinski definition) is 2. The fourth-order valence-electron chi connectivity index (χ4n) is 3.15. The highest BCUT2D eigenvalue weighted by Gasteiger charge is 2.27. The molecule has 134 valence electrons. The molecule has 0 fully saturated rings. The van der Waals surface area contributed by atoms with Gasteiger partial charge in [0.05, 0.1) is 11.4 Å². The highest BCUT2D eigenvalue weighted by Crippen LogP contribution is 2.32. The number of carbonyl (C=O) groups excluding carboxylic acids is 1. The van der Waals surface area contributed by atoms with Crippen LogP contribution >= 0.6 is 0 Å². The van der Waals surface area contributed by atoms with Gasteiger partial charge >= 0.3 is 0 Å². The first-order chi connectivity index (χ1) is 11.7. The Balaban J connectivity index is 1.88. The Kier molecular flexibility index (Phi) is 4.32. The van der Waals surface area contributed by atoms with Gasteiger partial charge in [-0.15, -0.1) is 0 Å². The van der Waals surface area contributed by atoms with Crippen LogP contribution in [-0.4, -0.2) is 31.1 Å². The van der Waals surface area contributed by atoms with Gasteiger partial charge in [-0.1, -0.05) is 13.8 Å². The van der Waals surface area contributed by atoms with Crippen LogP contribution in [0, 0.1) is 19.8 Å². The minimum Gasteiger partial charge on any atom is -0.312 e. The highest BCUT2D eigenvalue weighted by atomic mass is 32.2. The summed E-state index contributed by atoms with van der Waals surface area (Å²) in [5, 5.41) is 6.63. The first kappa shape index (κ1) is 17.5. The molecule has 0 unspecified atom stereocenters. The van der Waals surface area contributed by atoms with Crippen molar-refractivity contribution in [3.63, 3.8) is 0 Å². The van der Waals surface area contributed by atoms with Crippen LogP contribution in [0.1, 0.15) is 30.8 Å². The van der Waals surface area contributed by atoms with E-state index in [0.717, 1.165) is 11.3 Å². The second-order valence-corrected chi connectivity index (χ2v) is 8.23. The van der Waals surface area contributed by atoms with E-state index in [0.29, 0.717) is 30.0 Å². The third kappa shape index (κ3) is 3.13. The van der Waals surface area contributed by atoms with Crippen LogP contribution in [0.5, 0.6) is 0 Å². The number of sulfonamides is 1. The van der Waals surface area contributed by atoms with Crippen LogP contribution in [0.4, 0.5) is 11.4 Å². The molecule has 0 spiro atoms. The lowest BCUT2D eigenvalue weighted by Crippen LogP contribution is -2.32. The molecule has 1 aliphatic heterocycles. The standard InChI is InChI=1S/C17H22N4O3S/c1-10(2)17(22)21-8-7-13-9-14(5-6-15(13)21)20-25(23,24)16-11(3)18-19-12(16)4/h5-6,9-10,20H,7-8H2,1-4H3,(H,18,19). The summed E-state index contributed by atoms with van der Waals surface area (Å²) < 4.78 is 27.9. The molecule has 1 amide bonds. The maximum absolute atomic E-state index is 12.6. The maximum atomic E-state index is 12.6. The van der Waals surface area contributed by atoms with E-state index in [1.807, 2.05) is 13.8 Å². The van der Waals surface area contributed by atoms with E-state index in [2.05, 4.69) is 14.9 Å². The smallest absolute Gasteiger partial charge is 0.265 e. The summed E-state index contributed by atoms with van der Waals surface area (Å²) >= 11 is 0. The van der Waals surface area contributed by atoms with Crippen molar-refractivity contribution >= 4 is 27.3 Å². The summed E-state index contributed by atoms with van der Waals surface area (Å²) in [5.41, 5.74) is 3.24. The number of H-pyrrole nitrogens is 1. The SMILES string of the molecule is Cc1n[nH]c(C)c1S(=O)(=O)Nc1ccc2c(c1)CCN2C(=O)C(C)C. The van der Waals surface area contributed by atoms with Crippen LogP contribution in [0.15, 0.2) is 23.1 Å². The Morgan fingerprint density at radius 1 is 1.32 bits per heavy atom. The summed E-state index contributed by atoms with van der Waals surface area (Å²) in [6, 6.07) is 5.29. The molecule has 1 aromatic heterocycles. The van der Waals surface area contributed by atoms with Gasteiger partial charge in [0.2, 0.25) is 5.91 Å². The minimum atomic E-state index is -3.72. The summed E-state index contributed by atoms with van der Waals surface area (Å²) in [6.45, 7) is 7.70. The van der Waals surface area contributed by atoms with Crippen molar-refractivity contribution < 1.29 is 13.2 Å². The molecule has 0 bridgehead atoms. The number of aryl methyl sites for hydroxylation is 2. The Morgan fingerprint density at radius 2 is 2.04 bits per heavy atom. The second kappa shape index (κ2) is 6.18. The van der Waals surface area contributed by atoms with Crippen LogP contribution in [0.25, 0.3) is 0 Å². The molecular formula is C17H22N4O3S. The monoisotopic (exact) mass is 362 g/mol. The van der Waals surface area contributed by atoms with Crippen molar-refractivity contribution in [3.05, 3.63) is 35.2 Å². The van der Waals surface area contributed by atoms with Gasteiger partial charge in [-0.2, -0.15) is 5.10 Å². The molecule has 1 aromatic carbocycles. The van der Waals surface area contributed by atoms with E-state index in [9.17, 15) is 13.2 Å². The first-order valence-electron chi connectivity index (χ1n) is 8.19. The average molecular weight is 362 g/mol. The lowest BCUT2D eigenvalue weighted by molar-refractivity contribution is -0.121. The quantitative estimate of drug-likeness (QED) is 0.873. The minimum absolute atomic E-state index is 0.0730. The van der Waals surface area contributed by atoms with E-state index in [1.54, 1.807) is 36.9 Å². The molecule has 1 aliphatic rings. The van der Waals surface area contributed by atoms with Crippen LogP contribution in [0.2, 0.25) is 0 Å². The average Bonchev–Trinajstić information content (AvgIpc) is 3.09. The Hall–Kier alpha value is -2.35. The second-order valence-electron chi connectivity index (χ2n) is 6.61. The predicted octanol–water partition coefficient (Wildman–Crippen LogP) is 2.37. The van der Waals surface area contributed by atoms with Crippen LogP contribution in [0.3, 0.4) is 0 Å². The molecule has 3 rings (SSSR count). The molecule has 8 heteroatoms. The van der Waals surface area contributed by atoms with Gasteiger partial charge < -0.3 is 4.90 Å². The van der Waals surface area contributed by atoms with Gasteiger partial charge in [0.1, 0.15) is 4.90 Å². The molecule has 0 radical (unpaired) electrons. The number of carbonyl (C=O) groups is 1. The number of aromatic amines is 1. The van der Waals surface area contributed by atoms with Crippen molar-refractivity contribution in [2.75, 3.05) is 16.2 Å². The molecular weight excluding hydrogens is 340 g/mol. The van der Waals surface area contributed by atoms with Crippen molar-refractivity contribution in [1.82, 2.24) is 10.2 Å². The Bertz CT molecular complexity index is 912. The van der Waals surface area contributed by atoms with Gasteiger partial charge in [-0.25, -0.2) is 8.42 Å². The number of anilines is 2. The summed E-state index contributed by atoms with van der Waals surface area (Å²) in [4.78, 5) is 14.2. The summed E-state index contributed by atoms with van der Waals surface area (Å²) in [6.07, 6.45) is 0.715. The van der Waals surface area contributed by atoms with E-state index in [4.69, 9.17) is 0 Å². The van der Waals surface area contributed by atoms with E-state index in [1.165, 1.54) is 0 Å². The number of rotatable bonds is 4. The number of hydrogen-bond acceptors (Lipinski definition) is 4. The maximum Gasteiger partial charge on any atom is 0.265 e. The Labute approximate surface area is 147 Å². The van der Waals surface area contributed by atoms with Crippen molar-refractivity contribution in [2.45, 2.75) is 39.0 Å². The van der Waals surface area contributed by atoms with Crippen molar-refractivity contribution in [3.8, 4) is 0 Å². The zero-order valence-electron chi connectivity index (χ0n) is 14.8. The van der Waals surface area contributed by atoms with Crippen LogP contribution in [-0.2, 0) is 21.2 Å². The fraction of sp³-hybridized carbons (Fsp3) is 0.412. The van der Waals surface area contributed by atoms with Crippen molar-refractivity contribution in [2.24, 2.45) is 5.92 Å². The molecule has 2 N–H and O–H groups in total. The molecule has 0 aliphatic carbocycles. The van der Waals surface area contributed by atoms with Gasteiger partial charge in [0.25, 0.3) is 10.0 Å². The number of benzene rings is 1. The molecule has 0 saturated carbocycles. The number of fused-ring (bicyclic) bond motifs is 1. The van der Waals surface area contributed by atoms with Gasteiger partial charge in [0.15, 0.2) is 0 Å². The number of aromatic nitrogens is 2. The lowest BCUT2D eigenvalue weighted by Gasteiger charge is -2.19. The molecule has 7 nitrogen and oxygen atoms in total. The first-order valence-corrected chi connectivity index (χ1v) is 9.67. The zero-order chi connectivity index (χ0) is 18.4. The molecule has 0 atom stereocenters. The predicted molar refractivity (Wildman–Crippen MR) is 96.2 cm³/mol. The van der Waals surface area contributed by atoms with Gasteiger partial charge in [-0.05, 0) is 44.0 Å². The summed E-state index contributed by atoms with van der Waals surface area (Å²) in [5.74, 6) is 0.00731. The van der Waals surface area contributed by atoms with E-state index in [-0.39, 0.29) is 16.7 Å². The topological polar surface area (TPSA) is 95.2 Å². The van der Waals surface area contributed by atoms with E-state index >= 15 is 0 Å². The number of amides is 1.